The number of nitrogens with one attached hydrogen (secondary N) is 4. The fourth-order valence-electron chi connectivity index (χ4n) is 2.46. The highest BCUT2D eigenvalue weighted by Crippen LogP contribution is 2.12. The standard InChI is InChI=1S/C18H22N8O3/c1-11(2)8-14(16(28)26(3)9-19)23-15(27)12-4-6-13(7-5-12)22-18(29)24-17-20-10-21-25-17/h4-7,10-11,14H,8H2,1-3H3,(H,23,27)(H3,20,21,22,24,25,29). The lowest BCUT2D eigenvalue weighted by Gasteiger charge is -2.21. The summed E-state index contributed by atoms with van der Waals surface area (Å²) in [6.45, 7) is 3.84. The molecular formula is C18H22N8O3. The minimum atomic E-state index is -0.808. The SMILES string of the molecule is CC(C)CC(NC(=O)c1ccc(NC(=O)Nc2ncn[nH]2)cc1)C(=O)N(C)C#N. The van der Waals surface area contributed by atoms with E-state index in [4.69, 9.17) is 5.26 Å². The molecule has 4 N–H and O–H groups in total. The molecule has 0 aliphatic carbocycles. The molecule has 1 aromatic heterocycles. The Morgan fingerprint density at radius 3 is 2.45 bits per heavy atom. The molecule has 0 aliphatic rings. The quantitative estimate of drug-likeness (QED) is 0.409. The van der Waals surface area contributed by atoms with Crippen molar-refractivity contribution in [3.8, 4) is 6.19 Å². The van der Waals surface area contributed by atoms with Crippen molar-refractivity contribution in [1.82, 2.24) is 25.4 Å². The topological polar surface area (TPSA) is 156 Å². The van der Waals surface area contributed by atoms with E-state index in [9.17, 15) is 14.4 Å². The molecule has 1 heterocycles. The fraction of sp³-hybridized carbons (Fsp3) is 0.333. The van der Waals surface area contributed by atoms with Crippen LogP contribution in [0.5, 0.6) is 0 Å². The Labute approximate surface area is 167 Å². The number of anilines is 2. The summed E-state index contributed by atoms with van der Waals surface area (Å²) in [7, 11) is 1.35. The number of aromatic amines is 1. The smallest absolute Gasteiger partial charge is 0.326 e. The summed E-state index contributed by atoms with van der Waals surface area (Å²) in [5.41, 5.74) is 0.768. The van der Waals surface area contributed by atoms with E-state index < -0.39 is 23.9 Å². The first-order valence-electron chi connectivity index (χ1n) is 8.81. The summed E-state index contributed by atoms with van der Waals surface area (Å²) in [4.78, 5) is 41.3. The molecule has 0 saturated heterocycles. The van der Waals surface area contributed by atoms with Crippen LogP contribution in [0.1, 0.15) is 30.6 Å². The molecule has 1 aromatic carbocycles. The number of likely N-dealkylation sites (N-methyl/N-ethyl adjacent to an activating group) is 1. The van der Waals surface area contributed by atoms with E-state index in [1.165, 1.54) is 25.5 Å². The monoisotopic (exact) mass is 398 g/mol. The number of H-pyrrole nitrogens is 1. The molecule has 11 heteroatoms. The molecule has 1 unspecified atom stereocenters. The van der Waals surface area contributed by atoms with Crippen LogP contribution in [-0.2, 0) is 4.79 Å². The second-order valence-corrected chi connectivity index (χ2v) is 6.64. The second kappa shape index (κ2) is 9.84. The van der Waals surface area contributed by atoms with Gasteiger partial charge in [0.1, 0.15) is 12.4 Å². The van der Waals surface area contributed by atoms with Gasteiger partial charge in [0.2, 0.25) is 5.95 Å². The maximum absolute atomic E-state index is 12.5. The number of nitriles is 1. The summed E-state index contributed by atoms with van der Waals surface area (Å²) < 4.78 is 0. The maximum atomic E-state index is 12.5. The van der Waals surface area contributed by atoms with Crippen LogP contribution in [0.2, 0.25) is 0 Å². The third-order valence-electron chi connectivity index (χ3n) is 3.84. The zero-order valence-corrected chi connectivity index (χ0v) is 16.3. The first-order chi connectivity index (χ1) is 13.8. The van der Waals surface area contributed by atoms with Gasteiger partial charge >= 0.3 is 6.03 Å². The minimum Gasteiger partial charge on any atom is -0.340 e. The van der Waals surface area contributed by atoms with Crippen molar-refractivity contribution < 1.29 is 14.4 Å². The molecule has 0 spiro atoms. The van der Waals surface area contributed by atoms with Crippen LogP contribution in [0, 0.1) is 17.4 Å². The van der Waals surface area contributed by atoms with Crippen molar-refractivity contribution in [1.29, 1.82) is 5.26 Å². The second-order valence-electron chi connectivity index (χ2n) is 6.64. The number of urea groups is 1. The molecule has 0 radical (unpaired) electrons. The van der Waals surface area contributed by atoms with Gasteiger partial charge in [-0.25, -0.2) is 9.89 Å². The van der Waals surface area contributed by atoms with Crippen LogP contribution in [-0.4, -0.2) is 51.0 Å². The number of carbonyl (C=O) groups excluding carboxylic acids is 3. The van der Waals surface area contributed by atoms with Crippen molar-refractivity contribution in [2.24, 2.45) is 5.92 Å². The molecule has 2 rings (SSSR count). The highest BCUT2D eigenvalue weighted by molar-refractivity contribution is 6.00. The van der Waals surface area contributed by atoms with E-state index in [-0.39, 0.29) is 11.9 Å². The van der Waals surface area contributed by atoms with Crippen molar-refractivity contribution in [3.05, 3.63) is 36.2 Å². The Kier molecular flexibility index (Phi) is 7.25. The average molecular weight is 398 g/mol. The van der Waals surface area contributed by atoms with Crippen LogP contribution in [0.15, 0.2) is 30.6 Å². The van der Waals surface area contributed by atoms with Gasteiger partial charge in [-0.15, -0.1) is 0 Å². The van der Waals surface area contributed by atoms with Gasteiger partial charge in [-0.3, -0.25) is 19.8 Å². The van der Waals surface area contributed by atoms with Gasteiger partial charge in [0.15, 0.2) is 6.19 Å². The molecule has 0 aliphatic heterocycles. The number of carbonyl (C=O) groups is 3. The van der Waals surface area contributed by atoms with E-state index in [1.807, 2.05) is 13.8 Å². The van der Waals surface area contributed by atoms with Gasteiger partial charge in [0.25, 0.3) is 11.8 Å². The molecule has 2 aromatic rings. The number of hydrogen-bond acceptors (Lipinski definition) is 6. The summed E-state index contributed by atoms with van der Waals surface area (Å²) in [5, 5.41) is 22.7. The highest BCUT2D eigenvalue weighted by Gasteiger charge is 2.25. The van der Waals surface area contributed by atoms with E-state index in [0.717, 1.165) is 4.90 Å². The van der Waals surface area contributed by atoms with Crippen molar-refractivity contribution in [2.75, 3.05) is 17.7 Å². The van der Waals surface area contributed by atoms with Crippen molar-refractivity contribution >= 4 is 29.5 Å². The van der Waals surface area contributed by atoms with E-state index in [1.54, 1.807) is 18.3 Å². The van der Waals surface area contributed by atoms with Crippen molar-refractivity contribution in [2.45, 2.75) is 26.3 Å². The Morgan fingerprint density at radius 1 is 1.21 bits per heavy atom. The third-order valence-corrected chi connectivity index (χ3v) is 3.84. The largest absolute Gasteiger partial charge is 0.340 e. The average Bonchev–Trinajstić information content (AvgIpc) is 3.19. The van der Waals surface area contributed by atoms with Gasteiger partial charge in [-0.05, 0) is 36.6 Å². The summed E-state index contributed by atoms with van der Waals surface area (Å²) >= 11 is 0. The molecule has 1 atom stereocenters. The zero-order valence-electron chi connectivity index (χ0n) is 16.3. The van der Waals surface area contributed by atoms with Crippen LogP contribution >= 0.6 is 0 Å². The lowest BCUT2D eigenvalue weighted by molar-refractivity contribution is -0.129. The Balaban J connectivity index is 2.00. The molecule has 4 amide bonds. The fourth-order valence-corrected chi connectivity index (χ4v) is 2.46. The van der Waals surface area contributed by atoms with Gasteiger partial charge < -0.3 is 10.6 Å². The number of nitrogens with zero attached hydrogens (tertiary/aromatic N) is 4. The van der Waals surface area contributed by atoms with Crippen molar-refractivity contribution in [3.63, 3.8) is 0 Å². The summed E-state index contributed by atoms with van der Waals surface area (Å²) in [5.74, 6) is -0.586. The molecule has 0 bridgehead atoms. The first kappa shape index (κ1) is 21.4. The van der Waals surface area contributed by atoms with Gasteiger partial charge in [-0.1, -0.05) is 13.8 Å². The Morgan fingerprint density at radius 2 is 1.90 bits per heavy atom. The summed E-state index contributed by atoms with van der Waals surface area (Å²) in [6.07, 6.45) is 3.41. The van der Waals surface area contributed by atoms with Crippen LogP contribution in [0.25, 0.3) is 0 Å². The third kappa shape index (κ3) is 6.31. The maximum Gasteiger partial charge on any atom is 0.326 e. The molecular weight excluding hydrogens is 376 g/mol. The molecule has 11 nitrogen and oxygen atoms in total. The number of rotatable bonds is 7. The zero-order chi connectivity index (χ0) is 21.4. The van der Waals surface area contributed by atoms with E-state index in [0.29, 0.717) is 17.7 Å². The lowest BCUT2D eigenvalue weighted by atomic mass is 10.0. The Bertz CT molecular complexity index is 887. The van der Waals surface area contributed by atoms with Gasteiger partial charge in [0, 0.05) is 18.3 Å². The van der Waals surface area contributed by atoms with Gasteiger partial charge in [0.05, 0.1) is 0 Å². The van der Waals surface area contributed by atoms with Crippen LogP contribution in [0.4, 0.5) is 16.4 Å². The normalized spacial score (nSPS) is 11.3. The number of aromatic nitrogens is 3. The molecule has 0 saturated carbocycles. The predicted octanol–water partition coefficient (Wildman–Crippen LogP) is 1.53. The van der Waals surface area contributed by atoms with Crippen LogP contribution < -0.4 is 16.0 Å². The number of amides is 4. The number of benzene rings is 1. The highest BCUT2D eigenvalue weighted by atomic mass is 16.2. The Hall–Kier alpha value is -3.94. The first-order valence-corrected chi connectivity index (χ1v) is 8.81. The summed E-state index contributed by atoms with van der Waals surface area (Å²) in [6, 6.07) is 4.80. The van der Waals surface area contributed by atoms with E-state index >= 15 is 0 Å². The molecule has 0 fully saturated rings. The predicted molar refractivity (Wildman–Crippen MR) is 105 cm³/mol. The van der Waals surface area contributed by atoms with Gasteiger partial charge in [-0.2, -0.15) is 15.3 Å². The van der Waals surface area contributed by atoms with Crippen LogP contribution in [0.3, 0.4) is 0 Å². The molecule has 152 valence electrons. The lowest BCUT2D eigenvalue weighted by Crippen LogP contribution is -2.46. The molecule has 29 heavy (non-hydrogen) atoms. The minimum absolute atomic E-state index is 0.144. The van der Waals surface area contributed by atoms with E-state index in [2.05, 4.69) is 31.1 Å². The number of hydrogen-bond donors (Lipinski definition) is 4.